The highest BCUT2D eigenvalue weighted by Gasteiger charge is 2.15. The van der Waals surface area contributed by atoms with Crippen LogP contribution in [0.25, 0.3) is 0 Å². The molecule has 0 aliphatic carbocycles. The van der Waals surface area contributed by atoms with Crippen LogP contribution in [0.2, 0.25) is 10.0 Å². The van der Waals surface area contributed by atoms with E-state index in [0.717, 1.165) is 0 Å². The summed E-state index contributed by atoms with van der Waals surface area (Å²) in [6, 6.07) is 11.5. The van der Waals surface area contributed by atoms with Crippen molar-refractivity contribution in [2.75, 3.05) is 20.2 Å². The fourth-order valence-electron chi connectivity index (χ4n) is 2.23. The molecule has 0 aromatic heterocycles. The molecule has 2 aromatic carbocycles. The van der Waals surface area contributed by atoms with Gasteiger partial charge in [0.1, 0.15) is 11.5 Å². The summed E-state index contributed by atoms with van der Waals surface area (Å²) in [6.07, 6.45) is -0.685. The second-order valence-corrected chi connectivity index (χ2v) is 6.48. The van der Waals surface area contributed by atoms with Crippen LogP contribution in [-0.4, -0.2) is 38.1 Å². The van der Waals surface area contributed by atoms with Crippen molar-refractivity contribution in [1.29, 1.82) is 0 Å². The monoisotopic (exact) mass is 410 g/mol. The summed E-state index contributed by atoms with van der Waals surface area (Å²) in [7, 11) is 1.47. The van der Waals surface area contributed by atoms with Crippen LogP contribution in [0.5, 0.6) is 11.5 Å². The summed E-state index contributed by atoms with van der Waals surface area (Å²) in [4.78, 5) is 24.3. The Morgan fingerprint density at radius 2 is 1.63 bits per heavy atom. The molecule has 0 bridgehead atoms. The van der Waals surface area contributed by atoms with E-state index in [1.54, 1.807) is 43.3 Å². The SMILES string of the molecule is COc1ccc(Cl)cc1C(=O)NCCNC(=O)C(C)Oc1ccc(Cl)cc1. The zero-order valence-corrected chi connectivity index (χ0v) is 16.4. The molecule has 6 nitrogen and oxygen atoms in total. The molecule has 0 fully saturated rings. The molecule has 0 heterocycles. The van der Waals surface area contributed by atoms with Gasteiger partial charge >= 0.3 is 0 Å². The molecule has 2 rings (SSSR count). The molecule has 1 atom stereocenters. The summed E-state index contributed by atoms with van der Waals surface area (Å²) in [5.41, 5.74) is 0.329. The van der Waals surface area contributed by atoms with Crippen molar-refractivity contribution in [3.63, 3.8) is 0 Å². The van der Waals surface area contributed by atoms with Gasteiger partial charge in [0.2, 0.25) is 0 Å². The van der Waals surface area contributed by atoms with E-state index in [9.17, 15) is 9.59 Å². The Balaban J connectivity index is 1.77. The first-order valence-electron chi connectivity index (χ1n) is 8.22. The first kappa shape index (κ1) is 20.9. The maximum Gasteiger partial charge on any atom is 0.260 e. The number of hydrogen-bond donors (Lipinski definition) is 2. The van der Waals surface area contributed by atoms with E-state index >= 15 is 0 Å². The molecule has 0 saturated heterocycles. The quantitative estimate of drug-likeness (QED) is 0.654. The van der Waals surface area contributed by atoms with Gasteiger partial charge in [0.15, 0.2) is 6.10 Å². The Labute approximate surface area is 167 Å². The van der Waals surface area contributed by atoms with Gasteiger partial charge in [-0.3, -0.25) is 9.59 Å². The van der Waals surface area contributed by atoms with Gasteiger partial charge in [-0.1, -0.05) is 23.2 Å². The molecular weight excluding hydrogens is 391 g/mol. The minimum absolute atomic E-state index is 0.244. The number of rotatable bonds is 8. The maximum absolute atomic E-state index is 12.2. The molecule has 0 aliphatic rings. The van der Waals surface area contributed by atoms with Crippen molar-refractivity contribution >= 4 is 35.0 Å². The molecule has 27 heavy (non-hydrogen) atoms. The summed E-state index contributed by atoms with van der Waals surface area (Å²) in [6.45, 7) is 2.13. The molecule has 1 unspecified atom stereocenters. The maximum atomic E-state index is 12.2. The average Bonchev–Trinajstić information content (AvgIpc) is 2.66. The van der Waals surface area contributed by atoms with Crippen LogP contribution in [0.3, 0.4) is 0 Å². The van der Waals surface area contributed by atoms with E-state index in [-0.39, 0.29) is 24.9 Å². The van der Waals surface area contributed by atoms with Crippen molar-refractivity contribution in [1.82, 2.24) is 10.6 Å². The number of carbonyl (C=O) groups is 2. The fraction of sp³-hybridized carbons (Fsp3) is 0.263. The summed E-state index contributed by atoms with van der Waals surface area (Å²) in [5, 5.41) is 6.42. The molecule has 0 spiro atoms. The van der Waals surface area contributed by atoms with E-state index in [0.29, 0.717) is 27.1 Å². The number of hydrogen-bond acceptors (Lipinski definition) is 4. The Morgan fingerprint density at radius 1 is 1.00 bits per heavy atom. The molecule has 0 aliphatic heterocycles. The third-order valence-corrected chi connectivity index (χ3v) is 4.10. The fourth-order valence-corrected chi connectivity index (χ4v) is 2.53. The Bertz CT molecular complexity index is 797. The van der Waals surface area contributed by atoms with Crippen LogP contribution in [-0.2, 0) is 4.79 Å². The highest BCUT2D eigenvalue weighted by molar-refractivity contribution is 6.31. The predicted molar refractivity (Wildman–Crippen MR) is 105 cm³/mol. The van der Waals surface area contributed by atoms with Crippen molar-refractivity contribution in [3.8, 4) is 11.5 Å². The van der Waals surface area contributed by atoms with Crippen LogP contribution >= 0.6 is 23.2 Å². The van der Waals surface area contributed by atoms with Gasteiger partial charge in [0, 0.05) is 23.1 Å². The van der Waals surface area contributed by atoms with Crippen LogP contribution in [0.15, 0.2) is 42.5 Å². The van der Waals surface area contributed by atoms with E-state index < -0.39 is 6.10 Å². The zero-order valence-electron chi connectivity index (χ0n) is 14.9. The van der Waals surface area contributed by atoms with Crippen LogP contribution in [0.4, 0.5) is 0 Å². The van der Waals surface area contributed by atoms with Gasteiger partial charge < -0.3 is 20.1 Å². The summed E-state index contributed by atoms with van der Waals surface area (Å²) < 4.78 is 10.7. The number of methoxy groups -OCH3 is 1. The minimum atomic E-state index is -0.685. The zero-order chi connectivity index (χ0) is 19.8. The number of nitrogens with one attached hydrogen (secondary N) is 2. The lowest BCUT2D eigenvalue weighted by Gasteiger charge is -2.15. The third-order valence-electron chi connectivity index (χ3n) is 3.61. The van der Waals surface area contributed by atoms with Crippen molar-refractivity contribution in [3.05, 3.63) is 58.1 Å². The summed E-state index contributed by atoms with van der Waals surface area (Å²) >= 11 is 11.7. The van der Waals surface area contributed by atoms with Gasteiger partial charge in [0.05, 0.1) is 12.7 Å². The van der Waals surface area contributed by atoms with Gasteiger partial charge in [-0.05, 0) is 49.4 Å². The number of ether oxygens (including phenoxy) is 2. The molecule has 8 heteroatoms. The van der Waals surface area contributed by atoms with E-state index in [1.807, 2.05) is 0 Å². The van der Waals surface area contributed by atoms with Gasteiger partial charge in [-0.25, -0.2) is 0 Å². The molecule has 0 saturated carbocycles. The lowest BCUT2D eigenvalue weighted by atomic mass is 10.2. The van der Waals surface area contributed by atoms with E-state index in [1.165, 1.54) is 13.2 Å². The van der Waals surface area contributed by atoms with Crippen LogP contribution in [0, 0.1) is 0 Å². The highest BCUT2D eigenvalue weighted by atomic mass is 35.5. The van der Waals surface area contributed by atoms with E-state index in [2.05, 4.69) is 10.6 Å². The van der Waals surface area contributed by atoms with Gasteiger partial charge in [-0.2, -0.15) is 0 Å². The number of carbonyl (C=O) groups excluding carboxylic acids is 2. The summed E-state index contributed by atoms with van der Waals surface area (Å²) in [5.74, 6) is 0.336. The molecule has 0 radical (unpaired) electrons. The lowest BCUT2D eigenvalue weighted by Crippen LogP contribution is -2.40. The van der Waals surface area contributed by atoms with Crippen molar-refractivity contribution in [2.45, 2.75) is 13.0 Å². The number of benzene rings is 2. The van der Waals surface area contributed by atoms with Crippen LogP contribution < -0.4 is 20.1 Å². The Morgan fingerprint density at radius 3 is 2.30 bits per heavy atom. The third kappa shape index (κ3) is 6.34. The number of amides is 2. The van der Waals surface area contributed by atoms with Crippen molar-refractivity contribution in [2.24, 2.45) is 0 Å². The average molecular weight is 411 g/mol. The van der Waals surface area contributed by atoms with Crippen molar-refractivity contribution < 1.29 is 19.1 Å². The Kier molecular flexibility index (Phi) is 7.76. The lowest BCUT2D eigenvalue weighted by molar-refractivity contribution is -0.127. The largest absolute Gasteiger partial charge is 0.496 e. The molecular formula is C19H20Cl2N2O4. The Hall–Kier alpha value is -2.44. The molecule has 144 valence electrons. The molecule has 2 amide bonds. The predicted octanol–water partition coefficient (Wildman–Crippen LogP) is 3.32. The first-order valence-corrected chi connectivity index (χ1v) is 8.98. The minimum Gasteiger partial charge on any atom is -0.496 e. The topological polar surface area (TPSA) is 76.7 Å². The van der Waals surface area contributed by atoms with Crippen LogP contribution in [0.1, 0.15) is 17.3 Å². The second-order valence-electron chi connectivity index (χ2n) is 5.61. The number of halogens is 2. The van der Waals surface area contributed by atoms with E-state index in [4.69, 9.17) is 32.7 Å². The molecule has 2 N–H and O–H groups in total. The van der Waals surface area contributed by atoms with Gasteiger partial charge in [0.25, 0.3) is 11.8 Å². The highest BCUT2D eigenvalue weighted by Crippen LogP contribution is 2.22. The standard InChI is InChI=1S/C19H20Cl2N2O4/c1-12(27-15-6-3-13(20)4-7-15)18(24)22-9-10-23-19(25)16-11-14(21)5-8-17(16)26-2/h3-8,11-12H,9-10H2,1-2H3,(H,22,24)(H,23,25). The van der Waals surface area contributed by atoms with Gasteiger partial charge in [-0.15, -0.1) is 0 Å². The normalized spacial score (nSPS) is 11.4. The first-order chi connectivity index (χ1) is 12.9. The smallest absolute Gasteiger partial charge is 0.260 e. The molecule has 2 aromatic rings. The second kappa shape index (κ2) is 10.0.